The first-order chi connectivity index (χ1) is 26.6. The summed E-state index contributed by atoms with van der Waals surface area (Å²) in [5.74, 6) is 0. The number of hydrogen-bond donors (Lipinski definition) is 0. The van der Waals surface area contributed by atoms with Crippen molar-refractivity contribution in [3.63, 3.8) is 0 Å². The van der Waals surface area contributed by atoms with E-state index < -0.39 is 13.8 Å². The zero-order valence-corrected chi connectivity index (χ0v) is 30.5. The Hall–Kier alpha value is -5.60. The Morgan fingerprint density at radius 1 is 0.863 bits per heavy atom. The van der Waals surface area contributed by atoms with Crippen LogP contribution < -0.4 is 4.57 Å². The van der Waals surface area contributed by atoms with E-state index in [1.54, 1.807) is 35.2 Å². The molecule has 8 rings (SSSR count). The number of fused-ring (bicyclic) bond motifs is 3. The summed E-state index contributed by atoms with van der Waals surface area (Å²) in [5.41, 5.74) is 8.34. The summed E-state index contributed by atoms with van der Waals surface area (Å²) < 4.78 is 55.3. The molecule has 0 fully saturated rings. The topological polar surface area (TPSA) is 58.6 Å². The largest absolute Gasteiger partial charge is 3.00 e. The maximum atomic E-state index is 10.1. The van der Waals surface area contributed by atoms with Crippen molar-refractivity contribution in [3.8, 4) is 45.3 Å². The summed E-state index contributed by atoms with van der Waals surface area (Å²) >= 11 is 0. The maximum absolute atomic E-state index is 10.1. The van der Waals surface area contributed by atoms with Crippen LogP contribution in [0, 0.1) is 36.6 Å². The van der Waals surface area contributed by atoms with Crippen molar-refractivity contribution < 1.29 is 37.3 Å². The molecule has 6 heteroatoms. The molecular weight excluding hydrogens is 805 g/mol. The Morgan fingerprint density at radius 2 is 1.61 bits per heavy atom. The summed E-state index contributed by atoms with van der Waals surface area (Å²) in [6.07, 6.45) is 7.49. The van der Waals surface area contributed by atoms with Crippen LogP contribution in [0.2, 0.25) is 0 Å². The van der Waals surface area contributed by atoms with Crippen LogP contribution in [-0.2, 0) is 32.5 Å². The monoisotopic (exact) mass is 847 g/mol. The van der Waals surface area contributed by atoms with E-state index in [9.17, 15) is 5.26 Å². The zero-order chi connectivity index (χ0) is 39.8. The Bertz CT molecular complexity index is 2690. The molecule has 3 aromatic heterocycles. The van der Waals surface area contributed by atoms with Crippen LogP contribution in [0.4, 0.5) is 0 Å². The van der Waals surface area contributed by atoms with Gasteiger partial charge in [0, 0.05) is 33.7 Å². The summed E-state index contributed by atoms with van der Waals surface area (Å²) in [7, 11) is 0. The van der Waals surface area contributed by atoms with E-state index >= 15 is 0 Å². The molecule has 5 aromatic carbocycles. The second kappa shape index (κ2) is 14.7. The molecule has 0 amide bonds. The van der Waals surface area contributed by atoms with E-state index in [0.717, 1.165) is 26.9 Å². The van der Waals surface area contributed by atoms with Gasteiger partial charge in [0.25, 0.3) is 0 Å². The standard InChI is InChI=1S/C35H27N2O.C10H9N2.Ir/c1-22-8-18-28(30-7-5-6-20-37-30)33-31(22)29-19-15-26(21-36)32(34(29)38-33)25-11-9-23(10-12-25)24-13-16-27(17-14-24)35(2,3)4;1-11-7-8-12(9-11)10-5-3-2-4-6-10;/h5-17,19-20H,1-4H3;2-5,7-8H,1H3;/q2*-1;+3/i2*1D3;. The summed E-state index contributed by atoms with van der Waals surface area (Å²) in [4.78, 5) is 4.45. The number of para-hydroxylation sites is 1. The van der Waals surface area contributed by atoms with Crippen molar-refractivity contribution >= 4 is 21.9 Å². The van der Waals surface area contributed by atoms with Crippen molar-refractivity contribution in [1.82, 2.24) is 9.55 Å². The summed E-state index contributed by atoms with van der Waals surface area (Å²) in [6.45, 7) is 2.02. The van der Waals surface area contributed by atoms with Crippen molar-refractivity contribution in [2.24, 2.45) is 6.98 Å². The fourth-order valence-corrected chi connectivity index (χ4v) is 5.94. The number of aromatic nitrogens is 3. The summed E-state index contributed by atoms with van der Waals surface area (Å²) in [5, 5.41) is 11.2. The third-order valence-electron chi connectivity index (χ3n) is 8.55. The molecule has 0 saturated heterocycles. The molecule has 0 aliphatic heterocycles. The molecule has 0 aliphatic carbocycles. The van der Waals surface area contributed by atoms with E-state index in [2.05, 4.69) is 74.5 Å². The molecule has 51 heavy (non-hydrogen) atoms. The van der Waals surface area contributed by atoms with Crippen molar-refractivity contribution in [1.29, 1.82) is 5.26 Å². The minimum Gasteiger partial charge on any atom is -0.500 e. The average molecular weight is 847 g/mol. The molecule has 3 heterocycles. The Kier molecular flexibility index (Phi) is 8.12. The minimum atomic E-state index is -2.38. The number of aryl methyl sites for hydroxylation is 2. The van der Waals surface area contributed by atoms with Crippen LogP contribution in [0.15, 0.2) is 132 Å². The first-order valence-corrected chi connectivity index (χ1v) is 16.1. The van der Waals surface area contributed by atoms with E-state index in [-0.39, 0.29) is 31.1 Å². The molecule has 5 nitrogen and oxygen atoms in total. The molecular formula is C45H36IrN4O+. The SMILES string of the molecule is [2H]C([2H])([2H])[n+]1[c-]n(-c2[c-]cccc2)cc1.[2H]C([2H])([2H])c1c[c-]c(-c2ccccn2)c2oc3c(-c4ccc(-c5ccc(C(C)(C)C)cc5)cc4)c(C#N)ccc3c12.[Ir+3]. The number of imidazole rings is 1. The van der Waals surface area contributed by atoms with Crippen LogP contribution in [-0.4, -0.2) is 9.55 Å². The molecule has 0 unspecified atom stereocenters. The zero-order valence-electron chi connectivity index (χ0n) is 34.2. The number of hydrogen-bond acceptors (Lipinski definition) is 3. The molecule has 250 valence electrons. The van der Waals surface area contributed by atoms with Crippen molar-refractivity contribution in [3.05, 3.63) is 163 Å². The summed E-state index contributed by atoms with van der Waals surface area (Å²) in [6, 6.07) is 42.8. The molecule has 0 radical (unpaired) electrons. The third-order valence-corrected chi connectivity index (χ3v) is 8.55. The van der Waals surface area contributed by atoms with Gasteiger partial charge in [-0.1, -0.05) is 111 Å². The van der Waals surface area contributed by atoms with E-state index in [4.69, 9.17) is 12.6 Å². The molecule has 8 aromatic rings. The predicted octanol–water partition coefficient (Wildman–Crippen LogP) is 10.2. The van der Waals surface area contributed by atoms with Crippen molar-refractivity contribution in [2.75, 3.05) is 0 Å². The average Bonchev–Trinajstić information content (AvgIpc) is 3.84. The van der Waals surface area contributed by atoms with Gasteiger partial charge in [0.1, 0.15) is 5.58 Å². The maximum Gasteiger partial charge on any atom is 3.00 e. The van der Waals surface area contributed by atoms with Crippen LogP contribution in [0.25, 0.3) is 61.1 Å². The second-order valence-corrected chi connectivity index (χ2v) is 12.9. The number of pyridine rings is 1. The van der Waals surface area contributed by atoms with Gasteiger partial charge in [-0.05, 0) is 45.5 Å². The molecule has 0 atom stereocenters. The fourth-order valence-electron chi connectivity index (χ4n) is 5.94. The van der Waals surface area contributed by atoms with Gasteiger partial charge in [0.05, 0.1) is 28.3 Å². The molecule has 0 aliphatic rings. The van der Waals surface area contributed by atoms with E-state index in [1.807, 2.05) is 60.7 Å². The Labute approximate surface area is 321 Å². The van der Waals surface area contributed by atoms with Gasteiger partial charge in [0.2, 0.25) is 6.33 Å². The number of furan rings is 1. The number of nitrogens with zero attached hydrogens (tertiary/aromatic N) is 4. The molecule has 0 bridgehead atoms. The molecule has 0 N–H and O–H groups in total. The Balaban J connectivity index is 0.000000288. The normalized spacial score (nSPS) is 13.3. The number of nitriles is 1. The van der Waals surface area contributed by atoms with Crippen LogP contribution in [0.3, 0.4) is 0 Å². The van der Waals surface area contributed by atoms with Gasteiger partial charge in [-0.25, -0.2) is 0 Å². The van der Waals surface area contributed by atoms with E-state index in [1.165, 1.54) is 17.8 Å². The van der Waals surface area contributed by atoms with Gasteiger partial charge in [-0.3, -0.25) is 0 Å². The minimum absolute atomic E-state index is 0. The number of benzene rings is 5. The van der Waals surface area contributed by atoms with Gasteiger partial charge >= 0.3 is 20.1 Å². The Morgan fingerprint density at radius 3 is 2.24 bits per heavy atom. The van der Waals surface area contributed by atoms with Crippen LogP contribution in [0.1, 0.15) is 45.7 Å². The molecule has 0 saturated carbocycles. The van der Waals surface area contributed by atoms with E-state index in [0.29, 0.717) is 44.3 Å². The van der Waals surface area contributed by atoms with Crippen molar-refractivity contribution in [2.45, 2.75) is 33.0 Å². The van der Waals surface area contributed by atoms with Gasteiger partial charge in [-0.15, -0.1) is 17.7 Å². The number of rotatable bonds is 4. The second-order valence-electron chi connectivity index (χ2n) is 12.9. The first kappa shape index (κ1) is 28.1. The van der Waals surface area contributed by atoms with Crippen LogP contribution >= 0.6 is 0 Å². The quantitative estimate of drug-likeness (QED) is 0.131. The molecule has 0 spiro atoms. The van der Waals surface area contributed by atoms with Crippen LogP contribution in [0.5, 0.6) is 0 Å². The fraction of sp³-hybridized carbons (Fsp3) is 0.133. The first-order valence-electron chi connectivity index (χ1n) is 19.1. The predicted molar refractivity (Wildman–Crippen MR) is 199 cm³/mol. The van der Waals surface area contributed by atoms with Gasteiger partial charge in [-0.2, -0.15) is 35.6 Å². The van der Waals surface area contributed by atoms with Gasteiger partial charge < -0.3 is 18.5 Å². The smallest absolute Gasteiger partial charge is 0.500 e. The third kappa shape index (κ3) is 7.18. The van der Waals surface area contributed by atoms with Gasteiger partial charge in [0.15, 0.2) is 0 Å².